The molecule has 0 radical (unpaired) electrons. The lowest BCUT2D eigenvalue weighted by atomic mass is 9.72. The molecular formula is C23H30N2O2S2. The first-order valence-electron chi connectivity index (χ1n) is 10.2. The third-order valence-electron chi connectivity index (χ3n) is 5.49. The molecule has 6 heteroatoms. The monoisotopic (exact) mass is 430 g/mol. The van der Waals surface area contributed by atoms with Crippen LogP contribution in [0.5, 0.6) is 0 Å². The smallest absolute Gasteiger partial charge is 0.341 e. The minimum absolute atomic E-state index is 0.256. The number of esters is 1. The minimum Gasteiger partial charge on any atom is -0.462 e. The normalized spacial score (nSPS) is 16.1. The van der Waals surface area contributed by atoms with Gasteiger partial charge >= 0.3 is 5.97 Å². The fraction of sp³-hybridized carbons (Fsp3) is 0.478. The summed E-state index contributed by atoms with van der Waals surface area (Å²) in [5.41, 5.74) is 3.22. The lowest BCUT2D eigenvalue weighted by Gasteiger charge is -2.33. The minimum atomic E-state index is -0.257. The van der Waals surface area contributed by atoms with E-state index in [-0.39, 0.29) is 11.4 Å². The largest absolute Gasteiger partial charge is 0.462 e. The van der Waals surface area contributed by atoms with Crippen molar-refractivity contribution in [3.05, 3.63) is 51.9 Å². The molecule has 29 heavy (non-hydrogen) atoms. The maximum atomic E-state index is 12.7. The topological polar surface area (TPSA) is 50.4 Å². The molecule has 1 aliphatic carbocycles. The zero-order valence-electron chi connectivity index (χ0n) is 17.6. The van der Waals surface area contributed by atoms with Crippen molar-refractivity contribution in [1.29, 1.82) is 0 Å². The van der Waals surface area contributed by atoms with Gasteiger partial charge in [-0.2, -0.15) is 0 Å². The van der Waals surface area contributed by atoms with E-state index in [2.05, 4.69) is 43.5 Å². The van der Waals surface area contributed by atoms with E-state index in [4.69, 9.17) is 17.0 Å². The van der Waals surface area contributed by atoms with E-state index < -0.39 is 0 Å². The number of carbonyl (C=O) groups excluding carboxylic acids is 1. The number of anilines is 1. The highest BCUT2D eigenvalue weighted by molar-refractivity contribution is 7.80. The molecule has 0 aliphatic heterocycles. The van der Waals surface area contributed by atoms with Crippen LogP contribution in [0.25, 0.3) is 0 Å². The molecule has 0 amide bonds. The fourth-order valence-electron chi connectivity index (χ4n) is 3.76. The Morgan fingerprint density at radius 3 is 2.66 bits per heavy atom. The number of thiophene rings is 1. The molecule has 156 valence electrons. The number of benzene rings is 1. The molecule has 0 bridgehead atoms. The molecule has 3 rings (SSSR count). The van der Waals surface area contributed by atoms with Crippen LogP contribution in [-0.2, 0) is 24.1 Å². The standard InChI is InChI=1S/C23H30N2O2S2/c1-5-27-21(26)19-17-12-11-16(23(2,3)4)13-18(17)29-20(19)25-22(28)24-14-15-9-7-6-8-10-15/h6-10,16H,5,11-14H2,1-4H3,(H2,24,25,28). The summed E-state index contributed by atoms with van der Waals surface area (Å²) in [7, 11) is 0. The molecule has 1 aliphatic rings. The maximum Gasteiger partial charge on any atom is 0.341 e. The molecule has 0 saturated heterocycles. The third kappa shape index (κ3) is 5.37. The van der Waals surface area contributed by atoms with Crippen molar-refractivity contribution in [2.75, 3.05) is 11.9 Å². The van der Waals surface area contributed by atoms with Crippen molar-refractivity contribution in [3.8, 4) is 0 Å². The number of ether oxygens (including phenoxy) is 1. The molecule has 1 unspecified atom stereocenters. The van der Waals surface area contributed by atoms with Crippen LogP contribution in [0.3, 0.4) is 0 Å². The Labute approximate surface area is 183 Å². The van der Waals surface area contributed by atoms with Crippen molar-refractivity contribution in [2.24, 2.45) is 11.3 Å². The van der Waals surface area contributed by atoms with Crippen molar-refractivity contribution in [2.45, 2.75) is 53.5 Å². The molecule has 2 N–H and O–H groups in total. The van der Waals surface area contributed by atoms with Crippen molar-refractivity contribution < 1.29 is 9.53 Å². The molecule has 1 aromatic carbocycles. The van der Waals surface area contributed by atoms with Gasteiger partial charge in [0.1, 0.15) is 5.00 Å². The number of thiocarbonyl (C=S) groups is 1. The summed E-state index contributed by atoms with van der Waals surface area (Å²) in [6.45, 7) is 9.73. The van der Waals surface area contributed by atoms with Gasteiger partial charge in [0.15, 0.2) is 5.11 Å². The zero-order valence-corrected chi connectivity index (χ0v) is 19.3. The lowest BCUT2D eigenvalue weighted by Crippen LogP contribution is -2.28. The van der Waals surface area contributed by atoms with E-state index in [0.29, 0.717) is 29.7 Å². The number of carbonyl (C=O) groups is 1. The van der Waals surface area contributed by atoms with Crippen LogP contribution in [0.2, 0.25) is 0 Å². The second-order valence-electron chi connectivity index (χ2n) is 8.53. The van der Waals surface area contributed by atoms with Gasteiger partial charge in [0.2, 0.25) is 0 Å². The summed E-state index contributed by atoms with van der Waals surface area (Å²) in [5.74, 6) is 0.354. The Bertz CT molecular complexity index is 869. The summed E-state index contributed by atoms with van der Waals surface area (Å²) in [4.78, 5) is 14.0. The van der Waals surface area contributed by atoms with E-state index in [9.17, 15) is 4.79 Å². The van der Waals surface area contributed by atoms with Crippen LogP contribution >= 0.6 is 23.6 Å². The van der Waals surface area contributed by atoms with Crippen molar-refractivity contribution in [3.63, 3.8) is 0 Å². The summed E-state index contributed by atoms with van der Waals surface area (Å²) in [6, 6.07) is 10.1. The molecule has 1 heterocycles. The predicted octanol–water partition coefficient (Wildman–Crippen LogP) is 5.56. The van der Waals surface area contributed by atoms with E-state index in [1.807, 2.05) is 25.1 Å². The van der Waals surface area contributed by atoms with Crippen LogP contribution in [0.15, 0.2) is 30.3 Å². The van der Waals surface area contributed by atoms with Gasteiger partial charge in [-0.1, -0.05) is 51.1 Å². The van der Waals surface area contributed by atoms with E-state index in [0.717, 1.165) is 35.4 Å². The van der Waals surface area contributed by atoms with Crippen molar-refractivity contribution >= 4 is 39.6 Å². The lowest BCUT2D eigenvalue weighted by molar-refractivity contribution is 0.0526. The number of fused-ring (bicyclic) bond motifs is 1. The summed E-state index contributed by atoms with van der Waals surface area (Å²) in [6.07, 6.45) is 3.01. The fourth-order valence-corrected chi connectivity index (χ4v) is 5.32. The molecule has 4 nitrogen and oxygen atoms in total. The van der Waals surface area contributed by atoms with Crippen LogP contribution in [0, 0.1) is 11.3 Å². The highest BCUT2D eigenvalue weighted by Crippen LogP contribution is 2.44. The Morgan fingerprint density at radius 2 is 2.00 bits per heavy atom. The Balaban J connectivity index is 1.79. The Morgan fingerprint density at radius 1 is 1.28 bits per heavy atom. The molecule has 0 saturated carbocycles. The Kier molecular flexibility index (Phi) is 6.96. The van der Waals surface area contributed by atoms with Gasteiger partial charge in [-0.05, 0) is 60.9 Å². The summed E-state index contributed by atoms with van der Waals surface area (Å²) < 4.78 is 5.36. The summed E-state index contributed by atoms with van der Waals surface area (Å²) >= 11 is 7.15. The SMILES string of the molecule is CCOC(=O)c1c(NC(=S)NCc2ccccc2)sc2c1CCC(C(C)(C)C)C2. The molecular weight excluding hydrogens is 400 g/mol. The third-order valence-corrected chi connectivity index (χ3v) is 6.91. The van der Waals surface area contributed by atoms with Gasteiger partial charge in [0, 0.05) is 11.4 Å². The van der Waals surface area contributed by atoms with Gasteiger partial charge in [-0.3, -0.25) is 0 Å². The van der Waals surface area contributed by atoms with E-state index >= 15 is 0 Å². The number of nitrogens with one attached hydrogen (secondary N) is 2. The highest BCUT2D eigenvalue weighted by atomic mass is 32.1. The molecule has 1 aromatic heterocycles. The van der Waals surface area contributed by atoms with Gasteiger partial charge in [0.25, 0.3) is 0 Å². The van der Waals surface area contributed by atoms with Gasteiger partial charge < -0.3 is 15.4 Å². The number of hydrogen-bond acceptors (Lipinski definition) is 4. The van der Waals surface area contributed by atoms with Gasteiger partial charge in [0.05, 0.1) is 12.2 Å². The first-order chi connectivity index (χ1) is 13.8. The molecule has 0 fully saturated rings. The number of hydrogen-bond donors (Lipinski definition) is 2. The molecule has 0 spiro atoms. The first kappa shape index (κ1) is 21.8. The average Bonchev–Trinajstić information content (AvgIpc) is 3.03. The average molecular weight is 431 g/mol. The first-order valence-corrected chi connectivity index (χ1v) is 11.4. The quantitative estimate of drug-likeness (QED) is 0.480. The van der Waals surface area contributed by atoms with Crippen LogP contribution in [0.4, 0.5) is 5.00 Å². The van der Waals surface area contributed by atoms with Gasteiger partial charge in [-0.25, -0.2) is 4.79 Å². The van der Waals surface area contributed by atoms with Crippen LogP contribution < -0.4 is 10.6 Å². The van der Waals surface area contributed by atoms with Crippen molar-refractivity contribution in [1.82, 2.24) is 5.32 Å². The second kappa shape index (κ2) is 9.26. The maximum absolute atomic E-state index is 12.7. The zero-order chi connectivity index (χ0) is 21.0. The van der Waals surface area contributed by atoms with Gasteiger partial charge in [-0.15, -0.1) is 11.3 Å². The Hall–Kier alpha value is -1.92. The summed E-state index contributed by atoms with van der Waals surface area (Å²) in [5, 5.41) is 7.82. The second-order valence-corrected chi connectivity index (χ2v) is 10.0. The van der Waals surface area contributed by atoms with E-state index in [1.54, 1.807) is 11.3 Å². The van der Waals surface area contributed by atoms with Crippen LogP contribution in [0.1, 0.15) is 60.5 Å². The molecule has 1 atom stereocenters. The number of rotatable bonds is 5. The molecule has 2 aromatic rings. The predicted molar refractivity (Wildman–Crippen MR) is 125 cm³/mol. The van der Waals surface area contributed by atoms with E-state index in [1.165, 1.54) is 4.88 Å². The highest BCUT2D eigenvalue weighted by Gasteiger charge is 2.34. The van der Waals surface area contributed by atoms with Crippen LogP contribution in [-0.4, -0.2) is 17.7 Å².